The molecule has 22 heavy (non-hydrogen) atoms. The number of hydrogen-bond donors (Lipinski definition) is 1. The van der Waals surface area contributed by atoms with Crippen molar-refractivity contribution in [1.29, 1.82) is 0 Å². The van der Waals surface area contributed by atoms with Crippen molar-refractivity contribution in [3.63, 3.8) is 0 Å². The Labute approximate surface area is 129 Å². The van der Waals surface area contributed by atoms with Crippen molar-refractivity contribution in [1.82, 2.24) is 10.2 Å². The molecule has 0 fully saturated rings. The first kappa shape index (κ1) is 14.7. The largest absolute Gasteiger partial charge is 0.340 e. The van der Waals surface area contributed by atoms with Crippen molar-refractivity contribution in [2.45, 2.75) is 25.6 Å². The van der Waals surface area contributed by atoms with Gasteiger partial charge in [0.2, 0.25) is 5.91 Å². The lowest BCUT2D eigenvalue weighted by molar-refractivity contribution is -0.132. The summed E-state index contributed by atoms with van der Waals surface area (Å²) in [5, 5.41) is 3.27. The molecule has 1 aliphatic rings. The van der Waals surface area contributed by atoms with E-state index in [4.69, 9.17) is 0 Å². The number of halogens is 1. The summed E-state index contributed by atoms with van der Waals surface area (Å²) in [6.07, 6.45) is 0.677. The zero-order chi connectivity index (χ0) is 15.5. The van der Waals surface area contributed by atoms with Crippen LogP contribution in [0.15, 0.2) is 48.5 Å². The number of rotatable bonds is 3. The predicted octanol–water partition coefficient (Wildman–Crippen LogP) is 2.50. The van der Waals surface area contributed by atoms with Crippen molar-refractivity contribution in [3.05, 3.63) is 71.0 Å². The molecule has 1 aliphatic heterocycles. The zero-order valence-electron chi connectivity index (χ0n) is 12.6. The highest BCUT2D eigenvalue weighted by atomic mass is 19.1. The van der Waals surface area contributed by atoms with E-state index in [-0.39, 0.29) is 24.3 Å². The van der Waals surface area contributed by atoms with Crippen molar-refractivity contribution in [2.24, 2.45) is 0 Å². The van der Waals surface area contributed by atoms with Gasteiger partial charge >= 0.3 is 0 Å². The average molecular weight is 298 g/mol. The van der Waals surface area contributed by atoms with E-state index in [1.54, 1.807) is 30.1 Å². The lowest BCUT2D eigenvalue weighted by Gasteiger charge is -2.29. The summed E-state index contributed by atoms with van der Waals surface area (Å²) in [5.41, 5.74) is 2.98. The summed E-state index contributed by atoms with van der Waals surface area (Å²) in [6, 6.07) is 14.5. The first-order valence-electron chi connectivity index (χ1n) is 7.43. The Morgan fingerprint density at radius 2 is 1.86 bits per heavy atom. The van der Waals surface area contributed by atoms with Gasteiger partial charge in [-0.1, -0.05) is 42.5 Å². The van der Waals surface area contributed by atoms with Gasteiger partial charge < -0.3 is 10.2 Å². The Morgan fingerprint density at radius 1 is 1.18 bits per heavy atom. The topological polar surface area (TPSA) is 32.3 Å². The molecule has 0 saturated carbocycles. The van der Waals surface area contributed by atoms with Crippen LogP contribution in [0.3, 0.4) is 0 Å². The summed E-state index contributed by atoms with van der Waals surface area (Å²) in [5.74, 6) is -0.276. The minimum absolute atomic E-state index is 0.00208. The van der Waals surface area contributed by atoms with Crippen LogP contribution in [-0.2, 0) is 24.3 Å². The Kier molecular flexibility index (Phi) is 4.20. The van der Waals surface area contributed by atoms with Gasteiger partial charge in [0.05, 0.1) is 6.04 Å². The summed E-state index contributed by atoms with van der Waals surface area (Å²) in [4.78, 5) is 14.2. The van der Waals surface area contributed by atoms with Gasteiger partial charge in [0.25, 0.3) is 0 Å². The third kappa shape index (κ3) is 3.02. The van der Waals surface area contributed by atoms with Crippen molar-refractivity contribution in [2.75, 3.05) is 7.05 Å². The first-order chi connectivity index (χ1) is 10.6. The Morgan fingerprint density at radius 3 is 2.64 bits per heavy atom. The molecule has 0 spiro atoms. The van der Waals surface area contributed by atoms with Crippen LogP contribution in [0.2, 0.25) is 0 Å². The van der Waals surface area contributed by atoms with Gasteiger partial charge in [0.15, 0.2) is 0 Å². The molecule has 1 amide bonds. The Balaban J connectivity index is 1.68. The van der Waals surface area contributed by atoms with Crippen molar-refractivity contribution >= 4 is 5.91 Å². The van der Waals surface area contributed by atoms with Crippen LogP contribution in [-0.4, -0.2) is 23.9 Å². The van der Waals surface area contributed by atoms with Gasteiger partial charge in [-0.3, -0.25) is 4.79 Å². The van der Waals surface area contributed by atoms with Gasteiger partial charge in [0.1, 0.15) is 5.82 Å². The lowest BCUT2D eigenvalue weighted by atomic mass is 9.95. The first-order valence-corrected chi connectivity index (χ1v) is 7.43. The van der Waals surface area contributed by atoms with E-state index in [0.717, 1.165) is 0 Å². The van der Waals surface area contributed by atoms with Crippen LogP contribution in [0.4, 0.5) is 4.39 Å². The number of carbonyl (C=O) groups excluding carboxylic acids is 1. The second-order valence-corrected chi connectivity index (χ2v) is 5.69. The van der Waals surface area contributed by atoms with E-state index in [1.165, 1.54) is 17.2 Å². The number of nitrogens with one attached hydrogen (secondary N) is 1. The average Bonchev–Trinajstić information content (AvgIpc) is 2.55. The van der Waals surface area contributed by atoms with Crippen molar-refractivity contribution < 1.29 is 9.18 Å². The summed E-state index contributed by atoms with van der Waals surface area (Å²) in [7, 11) is 1.72. The number of benzene rings is 2. The molecule has 0 bridgehead atoms. The molecular weight excluding hydrogens is 279 g/mol. The highest BCUT2D eigenvalue weighted by Crippen LogP contribution is 2.18. The third-order valence-corrected chi connectivity index (χ3v) is 4.12. The second-order valence-electron chi connectivity index (χ2n) is 5.69. The SMILES string of the molecule is CN(Cc1ccccc1F)C(=O)C1Cc2ccccc2CN1. The van der Waals surface area contributed by atoms with E-state index in [2.05, 4.69) is 17.4 Å². The number of hydrogen-bond acceptors (Lipinski definition) is 2. The molecule has 2 aromatic carbocycles. The van der Waals surface area contributed by atoms with Gasteiger partial charge in [-0.25, -0.2) is 4.39 Å². The van der Waals surface area contributed by atoms with E-state index in [1.807, 2.05) is 12.1 Å². The molecule has 114 valence electrons. The monoisotopic (exact) mass is 298 g/mol. The van der Waals surface area contributed by atoms with Crippen LogP contribution in [0.1, 0.15) is 16.7 Å². The molecule has 4 heteroatoms. The molecule has 1 unspecified atom stereocenters. The minimum Gasteiger partial charge on any atom is -0.340 e. The van der Waals surface area contributed by atoms with Crippen LogP contribution < -0.4 is 5.32 Å². The second kappa shape index (κ2) is 6.28. The number of amides is 1. The summed E-state index contributed by atoms with van der Waals surface area (Å²) < 4.78 is 13.7. The maximum absolute atomic E-state index is 13.7. The molecule has 2 aromatic rings. The number of nitrogens with zero attached hydrogens (tertiary/aromatic N) is 1. The molecular formula is C18H19FN2O. The van der Waals surface area contributed by atoms with Crippen LogP contribution in [0.25, 0.3) is 0 Å². The standard InChI is InChI=1S/C18H19FN2O/c1-21(12-15-8-4-5-9-16(15)19)18(22)17-10-13-6-2-3-7-14(13)11-20-17/h2-9,17,20H,10-12H2,1H3. The molecule has 3 rings (SSSR count). The quantitative estimate of drug-likeness (QED) is 0.944. The van der Waals surface area contributed by atoms with Gasteiger partial charge in [-0.2, -0.15) is 0 Å². The Hall–Kier alpha value is -2.20. The smallest absolute Gasteiger partial charge is 0.240 e. The third-order valence-electron chi connectivity index (χ3n) is 4.12. The minimum atomic E-state index is -0.274. The highest BCUT2D eigenvalue weighted by Gasteiger charge is 2.26. The van der Waals surface area contributed by atoms with Crippen LogP contribution in [0.5, 0.6) is 0 Å². The van der Waals surface area contributed by atoms with Gasteiger partial charge in [-0.15, -0.1) is 0 Å². The van der Waals surface area contributed by atoms with E-state index in [9.17, 15) is 9.18 Å². The molecule has 3 nitrogen and oxygen atoms in total. The fourth-order valence-electron chi connectivity index (χ4n) is 2.86. The lowest BCUT2D eigenvalue weighted by Crippen LogP contribution is -2.48. The molecule has 1 N–H and O–H groups in total. The number of likely N-dealkylation sites (N-methyl/N-ethyl adjacent to an activating group) is 1. The maximum atomic E-state index is 13.7. The van der Waals surface area contributed by atoms with Gasteiger partial charge in [-0.05, 0) is 23.6 Å². The van der Waals surface area contributed by atoms with E-state index in [0.29, 0.717) is 18.5 Å². The molecule has 1 atom stereocenters. The van der Waals surface area contributed by atoms with E-state index >= 15 is 0 Å². The molecule has 0 radical (unpaired) electrons. The van der Waals surface area contributed by atoms with Crippen molar-refractivity contribution in [3.8, 4) is 0 Å². The fourth-order valence-corrected chi connectivity index (χ4v) is 2.86. The summed E-state index contributed by atoms with van der Waals surface area (Å²) >= 11 is 0. The Bertz CT molecular complexity index is 686. The van der Waals surface area contributed by atoms with Crippen LogP contribution in [0, 0.1) is 5.82 Å². The molecule has 0 aromatic heterocycles. The summed E-state index contributed by atoms with van der Waals surface area (Å²) in [6.45, 7) is 0.978. The zero-order valence-corrected chi connectivity index (χ0v) is 12.6. The molecule has 0 aliphatic carbocycles. The van der Waals surface area contributed by atoms with Crippen LogP contribution >= 0.6 is 0 Å². The van der Waals surface area contributed by atoms with E-state index < -0.39 is 0 Å². The number of fused-ring (bicyclic) bond motifs is 1. The normalized spacial score (nSPS) is 16.9. The van der Waals surface area contributed by atoms with Gasteiger partial charge in [0, 0.05) is 25.7 Å². The predicted molar refractivity (Wildman–Crippen MR) is 83.6 cm³/mol. The number of carbonyl (C=O) groups is 1. The molecule has 0 saturated heterocycles. The fraction of sp³-hybridized carbons (Fsp3) is 0.278. The highest BCUT2D eigenvalue weighted by molar-refractivity contribution is 5.82. The molecule has 1 heterocycles. The maximum Gasteiger partial charge on any atom is 0.240 e.